The number of carbonyl (C=O) groups excluding carboxylic acids is 10. The number of nitrogens with zero attached hydrogens (tertiary/aromatic N) is 4. The van der Waals surface area contributed by atoms with Gasteiger partial charge in [0.25, 0.3) is 0 Å². The molecule has 0 bridgehead atoms. The number of carbonyl (C=O) groups is 10. The second kappa shape index (κ2) is 43.5. The molecule has 20 rings (SSSR count). The molecule has 5 aliphatic rings. The highest BCUT2D eigenvalue weighted by atomic mass is 79.9. The van der Waals surface area contributed by atoms with Crippen molar-refractivity contribution in [3.8, 4) is 58.0 Å². The lowest BCUT2D eigenvalue weighted by Crippen LogP contribution is -2.09. The number of ketones is 5. The van der Waals surface area contributed by atoms with Crippen molar-refractivity contribution in [1.29, 1.82) is 0 Å². The van der Waals surface area contributed by atoms with Gasteiger partial charge in [-0.3, -0.25) is 24.0 Å². The Bertz CT molecular complexity index is 7070. The summed E-state index contributed by atoms with van der Waals surface area (Å²) in [6, 6.07) is 84.0. The molecule has 4 aromatic heterocycles. The normalized spacial score (nSPS) is 15.1. The molecule has 0 spiro atoms. The van der Waals surface area contributed by atoms with Crippen LogP contribution in [0.4, 0.5) is 8.78 Å². The van der Waals surface area contributed by atoms with Gasteiger partial charge in [0.1, 0.15) is 70.1 Å². The van der Waals surface area contributed by atoms with Crippen molar-refractivity contribution in [3.63, 3.8) is 0 Å². The zero-order valence-corrected chi connectivity index (χ0v) is 75.8. The number of esters is 5. The average molecular weight is 1980 g/mol. The third-order valence-corrected chi connectivity index (χ3v) is 23.4. The molecule has 0 amide bonds. The molecule has 5 aliphatic heterocycles. The first-order chi connectivity index (χ1) is 66.4. The predicted molar refractivity (Wildman–Crippen MR) is 501 cm³/mol. The summed E-state index contributed by atoms with van der Waals surface area (Å²) >= 11 is 27.7. The van der Waals surface area contributed by atoms with Gasteiger partial charge in [0, 0.05) is 68.2 Å². The predicted octanol–water partition coefficient (Wildman–Crippen LogP) is 26.1. The molecular weight excluding hydrogens is 1910 g/mol. The SMILES string of the molecule is O=C(CC1OC(=O)c2ccccc21)c1ccccc1Oc1ccccc1Cl.O=C1OC(CC(=O)c2cccnc2Oc2ccc(F)cc2F)c2ccccc21.O=C1OC(CC(=O)c2cccnc2Oc2cccc(Br)c2)c2ccccc21.O=C1OC(CC(=O)c2cccnc2Oc2cccc(Cl)c2)c2ccccc21.O=C1OC(CC(=O)c2cccnc2Oc2cccc(Cl)c2Cl)c2ccccc21. The van der Waals surface area contributed by atoms with Gasteiger partial charge < -0.3 is 47.4 Å². The molecule has 11 aromatic carbocycles. The van der Waals surface area contributed by atoms with E-state index in [0.29, 0.717) is 106 Å². The van der Waals surface area contributed by atoms with Gasteiger partial charge in [-0.25, -0.2) is 52.7 Å². The number of para-hydroxylation sites is 2. The topological polar surface area (TPSA) is 315 Å². The number of hydrogen-bond donors (Lipinski definition) is 0. The van der Waals surface area contributed by atoms with E-state index in [1.807, 2.05) is 36.4 Å². The van der Waals surface area contributed by atoms with Crippen LogP contribution in [0, 0.1) is 11.6 Å². The van der Waals surface area contributed by atoms with Gasteiger partial charge in [-0.2, -0.15) is 0 Å². The molecule has 5 atom stereocenters. The van der Waals surface area contributed by atoms with Crippen molar-refractivity contribution < 1.29 is 104 Å². The Kier molecular flexibility index (Phi) is 30.0. The van der Waals surface area contributed by atoms with Gasteiger partial charge in [0.15, 0.2) is 40.5 Å². The van der Waals surface area contributed by atoms with Crippen LogP contribution < -0.4 is 23.7 Å². The number of benzene rings is 11. The Morgan fingerprint density at radius 3 is 0.993 bits per heavy atom. The number of Topliss-reactive ketones (excluding diaryl/α,β-unsaturated/α-hetero) is 5. The summed E-state index contributed by atoms with van der Waals surface area (Å²) in [6.45, 7) is 0. The lowest BCUT2D eigenvalue weighted by atomic mass is 9.98. The molecule has 0 N–H and O–H groups in total. The lowest BCUT2D eigenvalue weighted by molar-refractivity contribution is 0.0353. The highest BCUT2D eigenvalue weighted by molar-refractivity contribution is 9.10. The van der Waals surface area contributed by atoms with E-state index in [0.717, 1.165) is 33.3 Å². The van der Waals surface area contributed by atoms with Crippen molar-refractivity contribution in [2.75, 3.05) is 0 Å². The Morgan fingerprint density at radius 1 is 0.292 bits per heavy atom. The number of cyclic esters (lactones) is 5. The Hall–Kier alpha value is -15.8. The Balaban J connectivity index is 0.000000124. The molecule has 9 heterocycles. The minimum Gasteiger partial charge on any atom is -0.455 e. The smallest absolute Gasteiger partial charge is 0.339 e. The number of fused-ring (bicyclic) bond motifs is 5. The summed E-state index contributed by atoms with van der Waals surface area (Å²) in [5.41, 5.74) is 7.39. The zero-order valence-electron chi connectivity index (χ0n) is 71.2. The number of rotatable bonds is 25. The second-order valence-electron chi connectivity index (χ2n) is 30.4. The Labute approximate surface area is 808 Å². The van der Waals surface area contributed by atoms with Crippen LogP contribution in [0.5, 0.6) is 58.0 Å². The van der Waals surface area contributed by atoms with Crippen LogP contribution in [-0.2, 0) is 23.7 Å². The molecule has 0 radical (unpaired) electrons. The standard InChI is InChI=1S/C22H15ClO4.C21H14BrNO4.C21H13Cl2NO4.C21H14ClNO4.C21H13F2NO4/c23-17-10-4-6-12-20(17)26-19-11-5-3-9-16(19)18(24)13-21-14-7-1-2-8-15(14)22(25)27-21;22-13-5-3-6-14(11-13)26-20-17(9-4-10-23-20)18(24)12-19-15-7-1-2-8-16(15)21(25)27-19;22-15-8-3-9-17(19(15)23)27-20-14(7-4-10-24-20)16(25)11-18-12-5-1-2-6-13(12)21(26)28-18;22-13-5-3-6-14(11-13)26-20-17(9-4-10-23-20)18(24)12-19-15-7-1-2-8-16(15)21(25)27-19;22-12-7-8-18(16(23)10-12)27-20-15(6-3-9-24-20)17(25)11-19-13-4-1-2-5-14(13)21(26)28-19/h1-12,21H,13H2;1-11,19H,12H2;1-10,18H,11H2;1-11,19H,12H2;1-10,19H,11H2. The highest BCUT2D eigenvalue weighted by Gasteiger charge is 2.39. The summed E-state index contributed by atoms with van der Waals surface area (Å²) in [7, 11) is 0. The van der Waals surface area contributed by atoms with E-state index in [-0.39, 0.29) is 106 Å². The number of hydrogen-bond acceptors (Lipinski definition) is 24. The maximum absolute atomic E-state index is 13.9. The first kappa shape index (κ1) is 94.4. The van der Waals surface area contributed by atoms with Crippen molar-refractivity contribution in [2.45, 2.75) is 62.6 Å². The van der Waals surface area contributed by atoms with Crippen molar-refractivity contribution in [1.82, 2.24) is 19.9 Å². The largest absolute Gasteiger partial charge is 0.455 e. The monoisotopic (exact) mass is 1970 g/mol. The molecule has 15 aromatic rings. The van der Waals surface area contributed by atoms with Gasteiger partial charge in [-0.15, -0.1) is 0 Å². The fourth-order valence-electron chi connectivity index (χ4n) is 15.0. The zero-order chi connectivity index (χ0) is 95.8. The molecule has 0 fully saturated rings. The van der Waals surface area contributed by atoms with E-state index in [1.54, 1.807) is 249 Å². The van der Waals surface area contributed by atoms with Crippen molar-refractivity contribution in [2.24, 2.45) is 0 Å². The Morgan fingerprint density at radius 2 is 0.606 bits per heavy atom. The van der Waals surface area contributed by atoms with E-state index >= 15 is 0 Å². The molecule has 31 heteroatoms. The molecule has 0 saturated carbocycles. The van der Waals surface area contributed by atoms with Crippen LogP contribution in [-0.4, -0.2) is 78.7 Å². The van der Waals surface area contributed by atoms with Crippen molar-refractivity contribution in [3.05, 3.63) is 448 Å². The molecule has 0 aliphatic carbocycles. The third-order valence-electron chi connectivity index (χ3n) is 21.5. The van der Waals surface area contributed by atoms with E-state index in [2.05, 4.69) is 35.9 Å². The van der Waals surface area contributed by atoms with Crippen LogP contribution >= 0.6 is 62.3 Å². The maximum atomic E-state index is 13.9. The minimum absolute atomic E-state index is 0.0142. The summed E-state index contributed by atoms with van der Waals surface area (Å²) in [5.74, 6) is -2.70. The fourth-order valence-corrected chi connectivity index (χ4v) is 16.1. The van der Waals surface area contributed by atoms with Gasteiger partial charge in [-0.1, -0.05) is 196 Å². The van der Waals surface area contributed by atoms with E-state index in [1.165, 1.54) is 24.5 Å². The molecular formula is C106H69BrCl4F2N4O20. The number of aromatic nitrogens is 4. The van der Waals surface area contributed by atoms with Gasteiger partial charge in [-0.05, 0) is 164 Å². The van der Waals surface area contributed by atoms with Crippen LogP contribution in [0.15, 0.2) is 333 Å². The molecule has 682 valence electrons. The third kappa shape index (κ3) is 22.7. The summed E-state index contributed by atoms with van der Waals surface area (Å²) < 4.78 is 83.1. The summed E-state index contributed by atoms with van der Waals surface area (Å²) in [6.07, 6.45) is 2.81. The van der Waals surface area contributed by atoms with Crippen LogP contribution in [0.3, 0.4) is 0 Å². The molecule has 137 heavy (non-hydrogen) atoms. The molecule has 0 saturated heterocycles. The quantitative estimate of drug-likeness (QED) is 0.0291. The van der Waals surface area contributed by atoms with Crippen LogP contribution in [0.1, 0.15) is 194 Å². The summed E-state index contributed by atoms with van der Waals surface area (Å²) in [5, 5.41) is 1.54. The van der Waals surface area contributed by atoms with E-state index < -0.39 is 72.0 Å². The van der Waals surface area contributed by atoms with E-state index in [4.69, 9.17) is 93.8 Å². The molecule has 24 nitrogen and oxygen atoms in total. The first-order valence-corrected chi connectivity index (χ1v) is 44.3. The molecule has 5 unspecified atom stereocenters. The maximum Gasteiger partial charge on any atom is 0.339 e. The highest BCUT2D eigenvalue weighted by Crippen LogP contribution is 2.44. The second-order valence-corrected chi connectivity index (χ2v) is 33.0. The average Bonchev–Trinajstić information content (AvgIpc) is 1.66. The van der Waals surface area contributed by atoms with Gasteiger partial charge in [0.2, 0.25) is 23.5 Å². The minimum atomic E-state index is -0.914. The van der Waals surface area contributed by atoms with Gasteiger partial charge in [0.05, 0.1) is 97.8 Å². The number of halogens is 7. The number of pyridine rings is 4. The van der Waals surface area contributed by atoms with E-state index in [9.17, 15) is 56.7 Å². The van der Waals surface area contributed by atoms with Gasteiger partial charge >= 0.3 is 29.8 Å². The number of ether oxygens (including phenoxy) is 10. The fraction of sp³-hybridized carbons (Fsp3) is 0.0943. The lowest BCUT2D eigenvalue weighted by Gasteiger charge is -2.14. The first-order valence-electron chi connectivity index (χ1n) is 42.0. The van der Waals surface area contributed by atoms with Crippen molar-refractivity contribution >= 4 is 121 Å². The van der Waals surface area contributed by atoms with Crippen LogP contribution in [0.2, 0.25) is 20.1 Å². The summed E-state index contributed by atoms with van der Waals surface area (Å²) in [4.78, 5) is 141. The van der Waals surface area contributed by atoms with Crippen LogP contribution in [0.25, 0.3) is 0 Å².